The summed E-state index contributed by atoms with van der Waals surface area (Å²) in [4.78, 5) is 27.2. The number of hydrogen-bond acceptors (Lipinski definition) is 6. The van der Waals surface area contributed by atoms with E-state index >= 15 is 0 Å². The van der Waals surface area contributed by atoms with Crippen molar-refractivity contribution in [1.82, 2.24) is 29.5 Å². The van der Waals surface area contributed by atoms with E-state index in [0.29, 0.717) is 6.42 Å². The first-order valence-electron chi connectivity index (χ1n) is 8.57. The maximum absolute atomic E-state index is 12.4. The molecule has 1 fully saturated rings. The fourth-order valence-corrected chi connectivity index (χ4v) is 3.00. The first-order chi connectivity index (χ1) is 12.1. The zero-order valence-corrected chi connectivity index (χ0v) is 14.9. The summed E-state index contributed by atoms with van der Waals surface area (Å²) in [7, 11) is 3.94. The summed E-state index contributed by atoms with van der Waals surface area (Å²) in [5, 5.41) is 4.17. The van der Waals surface area contributed by atoms with Crippen molar-refractivity contribution in [2.45, 2.75) is 13.0 Å². The Bertz CT molecular complexity index is 679. The molecule has 0 bridgehead atoms. The Morgan fingerprint density at radius 3 is 2.56 bits per heavy atom. The molecule has 1 saturated heterocycles. The third kappa shape index (κ3) is 4.76. The Morgan fingerprint density at radius 1 is 1.20 bits per heavy atom. The lowest BCUT2D eigenvalue weighted by Gasteiger charge is -2.35. The Balaban J connectivity index is 1.40. The van der Waals surface area contributed by atoms with Crippen LogP contribution in [0.2, 0.25) is 0 Å². The number of carbonyl (C=O) groups excluding carboxylic acids is 1. The van der Waals surface area contributed by atoms with Crippen LogP contribution in [0.1, 0.15) is 12.0 Å². The van der Waals surface area contributed by atoms with Crippen molar-refractivity contribution < 1.29 is 4.79 Å². The highest BCUT2D eigenvalue weighted by atomic mass is 16.2. The minimum atomic E-state index is 0.215. The van der Waals surface area contributed by atoms with Gasteiger partial charge in [0.05, 0.1) is 6.20 Å². The highest BCUT2D eigenvalue weighted by Crippen LogP contribution is 2.11. The van der Waals surface area contributed by atoms with Gasteiger partial charge in [-0.1, -0.05) is 0 Å². The predicted octanol–water partition coefficient (Wildman–Crippen LogP) is 0.381. The third-order valence-electron chi connectivity index (χ3n) is 4.39. The summed E-state index contributed by atoms with van der Waals surface area (Å²) in [6.07, 6.45) is 7.90. The van der Waals surface area contributed by atoms with E-state index in [1.54, 1.807) is 17.1 Å². The van der Waals surface area contributed by atoms with E-state index in [0.717, 1.165) is 50.8 Å². The summed E-state index contributed by atoms with van der Waals surface area (Å²) in [6, 6.07) is 1.81. The van der Waals surface area contributed by atoms with E-state index in [4.69, 9.17) is 0 Å². The van der Waals surface area contributed by atoms with Crippen molar-refractivity contribution in [2.24, 2.45) is 7.05 Å². The molecule has 25 heavy (non-hydrogen) atoms. The van der Waals surface area contributed by atoms with Crippen molar-refractivity contribution in [3.8, 4) is 0 Å². The molecule has 3 heterocycles. The van der Waals surface area contributed by atoms with Crippen molar-refractivity contribution in [3.05, 3.63) is 36.4 Å². The van der Waals surface area contributed by atoms with Gasteiger partial charge in [-0.05, 0) is 13.1 Å². The number of anilines is 1. The van der Waals surface area contributed by atoms with Crippen LogP contribution in [0.3, 0.4) is 0 Å². The SMILES string of the molecule is CN(CCC(=O)N1CCN(c2ncccn2)CC1)Cc1cnn(C)c1. The smallest absolute Gasteiger partial charge is 0.225 e. The normalized spacial score (nSPS) is 15.0. The average Bonchev–Trinajstić information content (AvgIpc) is 3.05. The van der Waals surface area contributed by atoms with E-state index in [9.17, 15) is 4.79 Å². The van der Waals surface area contributed by atoms with E-state index in [1.165, 1.54) is 0 Å². The van der Waals surface area contributed by atoms with Gasteiger partial charge in [0.15, 0.2) is 0 Å². The molecule has 3 rings (SSSR count). The zero-order valence-electron chi connectivity index (χ0n) is 14.9. The van der Waals surface area contributed by atoms with Crippen LogP contribution < -0.4 is 4.90 Å². The van der Waals surface area contributed by atoms with E-state index in [-0.39, 0.29) is 5.91 Å². The highest BCUT2D eigenvalue weighted by Gasteiger charge is 2.22. The maximum atomic E-state index is 12.4. The number of piperazine rings is 1. The first kappa shape index (κ1) is 17.3. The summed E-state index contributed by atoms with van der Waals surface area (Å²) in [6.45, 7) is 4.56. The number of aryl methyl sites for hydroxylation is 1. The summed E-state index contributed by atoms with van der Waals surface area (Å²) >= 11 is 0. The standard InChI is InChI=1S/C17H25N7O/c1-21(13-15-12-20-22(2)14-15)7-4-16(25)23-8-10-24(11-9-23)17-18-5-3-6-19-17/h3,5-6,12,14H,4,7-11,13H2,1-2H3. The molecule has 0 N–H and O–H groups in total. The van der Waals surface area contributed by atoms with Gasteiger partial charge in [-0.15, -0.1) is 0 Å². The molecule has 1 amide bonds. The second-order valence-corrected chi connectivity index (χ2v) is 6.43. The van der Waals surface area contributed by atoms with Crippen molar-refractivity contribution in [2.75, 3.05) is 44.7 Å². The van der Waals surface area contributed by atoms with Crippen LogP contribution in [-0.2, 0) is 18.4 Å². The minimum absolute atomic E-state index is 0.215. The lowest BCUT2D eigenvalue weighted by Crippen LogP contribution is -2.49. The van der Waals surface area contributed by atoms with Gasteiger partial charge in [0.1, 0.15) is 0 Å². The van der Waals surface area contributed by atoms with E-state index in [2.05, 4.69) is 24.9 Å². The highest BCUT2D eigenvalue weighted by molar-refractivity contribution is 5.76. The fraction of sp³-hybridized carbons (Fsp3) is 0.529. The topological polar surface area (TPSA) is 70.4 Å². The fourth-order valence-electron chi connectivity index (χ4n) is 3.00. The lowest BCUT2D eigenvalue weighted by molar-refractivity contribution is -0.131. The van der Waals surface area contributed by atoms with Crippen LogP contribution in [0.5, 0.6) is 0 Å². The molecular formula is C17H25N7O. The Hall–Kier alpha value is -2.48. The third-order valence-corrected chi connectivity index (χ3v) is 4.39. The molecule has 0 radical (unpaired) electrons. The molecule has 8 heteroatoms. The van der Waals surface area contributed by atoms with E-state index in [1.807, 2.05) is 37.5 Å². The molecule has 2 aromatic rings. The molecule has 1 aliphatic rings. The lowest BCUT2D eigenvalue weighted by atomic mass is 10.2. The van der Waals surface area contributed by atoms with Gasteiger partial charge in [-0.2, -0.15) is 5.10 Å². The first-order valence-corrected chi connectivity index (χ1v) is 8.57. The molecule has 8 nitrogen and oxygen atoms in total. The number of aromatic nitrogens is 4. The molecule has 0 spiro atoms. The second-order valence-electron chi connectivity index (χ2n) is 6.43. The van der Waals surface area contributed by atoms with Gasteiger partial charge >= 0.3 is 0 Å². The molecule has 0 saturated carbocycles. The Kier molecular flexibility index (Phi) is 5.60. The quantitative estimate of drug-likeness (QED) is 0.755. The molecular weight excluding hydrogens is 318 g/mol. The maximum Gasteiger partial charge on any atom is 0.225 e. The van der Waals surface area contributed by atoms with Crippen LogP contribution in [0, 0.1) is 0 Å². The van der Waals surface area contributed by atoms with E-state index < -0.39 is 0 Å². The number of hydrogen-bond donors (Lipinski definition) is 0. The van der Waals surface area contributed by atoms with Crippen LogP contribution in [-0.4, -0.2) is 75.2 Å². The predicted molar refractivity (Wildman–Crippen MR) is 95.0 cm³/mol. The number of carbonyl (C=O) groups is 1. The molecule has 0 atom stereocenters. The molecule has 2 aromatic heterocycles. The molecule has 0 aliphatic carbocycles. The largest absolute Gasteiger partial charge is 0.339 e. The monoisotopic (exact) mass is 343 g/mol. The van der Waals surface area contributed by atoms with Gasteiger partial charge in [0.2, 0.25) is 11.9 Å². The molecule has 0 unspecified atom stereocenters. The van der Waals surface area contributed by atoms with Crippen LogP contribution in [0.4, 0.5) is 5.95 Å². The van der Waals surface area contributed by atoms with Gasteiger partial charge in [-0.3, -0.25) is 9.48 Å². The molecule has 0 aromatic carbocycles. The van der Waals surface area contributed by atoms with Gasteiger partial charge in [-0.25, -0.2) is 9.97 Å². The van der Waals surface area contributed by atoms with Gasteiger partial charge in [0, 0.05) is 76.9 Å². The number of nitrogens with zero attached hydrogens (tertiary/aromatic N) is 7. The summed E-state index contributed by atoms with van der Waals surface area (Å²) in [5.41, 5.74) is 1.16. The molecule has 1 aliphatic heterocycles. The van der Waals surface area contributed by atoms with Crippen molar-refractivity contribution in [1.29, 1.82) is 0 Å². The Labute approximate surface area is 148 Å². The van der Waals surface area contributed by atoms with Crippen molar-refractivity contribution >= 4 is 11.9 Å². The van der Waals surface area contributed by atoms with Crippen LogP contribution in [0.25, 0.3) is 0 Å². The minimum Gasteiger partial charge on any atom is -0.339 e. The van der Waals surface area contributed by atoms with Gasteiger partial charge in [0.25, 0.3) is 0 Å². The Morgan fingerprint density at radius 2 is 1.92 bits per heavy atom. The summed E-state index contributed by atoms with van der Waals surface area (Å²) in [5.74, 6) is 0.956. The average molecular weight is 343 g/mol. The molecule has 134 valence electrons. The van der Waals surface area contributed by atoms with Crippen LogP contribution in [0.15, 0.2) is 30.9 Å². The van der Waals surface area contributed by atoms with Gasteiger partial charge < -0.3 is 14.7 Å². The number of amides is 1. The van der Waals surface area contributed by atoms with Crippen molar-refractivity contribution in [3.63, 3.8) is 0 Å². The van der Waals surface area contributed by atoms with Crippen LogP contribution >= 0.6 is 0 Å². The summed E-state index contributed by atoms with van der Waals surface area (Å²) < 4.78 is 1.80. The second kappa shape index (κ2) is 8.06. The zero-order chi connectivity index (χ0) is 17.6. The number of rotatable bonds is 6.